The molecule has 4 rings (SSSR count). The van der Waals surface area contributed by atoms with Crippen LogP contribution in [0.4, 0.5) is 4.39 Å². The third-order valence-electron chi connectivity index (χ3n) is 6.21. The third-order valence-corrected chi connectivity index (χ3v) is 6.21. The Balaban J connectivity index is 1.34. The molecule has 0 N–H and O–H groups in total. The number of esters is 2. The van der Waals surface area contributed by atoms with E-state index in [-0.39, 0.29) is 5.82 Å². The molecule has 0 heterocycles. The van der Waals surface area contributed by atoms with Crippen LogP contribution in [0.1, 0.15) is 47.2 Å². The lowest BCUT2D eigenvalue weighted by molar-refractivity contribution is -0.130. The summed E-state index contributed by atoms with van der Waals surface area (Å²) in [5, 5.41) is 0. The molecule has 4 nitrogen and oxygen atoms in total. The van der Waals surface area contributed by atoms with Gasteiger partial charge in [0.1, 0.15) is 17.3 Å². The van der Waals surface area contributed by atoms with E-state index < -0.39 is 11.9 Å². The smallest absolute Gasteiger partial charge is 0.338 e. The summed E-state index contributed by atoms with van der Waals surface area (Å²) in [5.41, 5.74) is 5.59. The molecule has 0 amide bonds. The van der Waals surface area contributed by atoms with Gasteiger partial charge < -0.3 is 9.47 Å². The Kier molecular flexibility index (Phi) is 10.2. The Hall–Kier alpha value is -5.55. The predicted octanol–water partition coefficient (Wildman–Crippen LogP) is 9.30. The summed E-state index contributed by atoms with van der Waals surface area (Å²) < 4.78 is 25.3. The monoisotopic (exact) mass is 570 g/mol. The first-order valence-electron chi connectivity index (χ1n) is 13.6. The molecule has 0 radical (unpaired) electrons. The van der Waals surface area contributed by atoms with Crippen molar-refractivity contribution in [2.45, 2.75) is 13.8 Å². The van der Waals surface area contributed by atoms with Gasteiger partial charge in [-0.1, -0.05) is 110 Å². The van der Waals surface area contributed by atoms with Gasteiger partial charge in [-0.15, -0.1) is 0 Å². The summed E-state index contributed by atoms with van der Waals surface area (Å²) in [7, 11) is 0. The van der Waals surface area contributed by atoms with Crippen molar-refractivity contribution in [2.24, 2.45) is 0 Å². The van der Waals surface area contributed by atoms with Gasteiger partial charge in [0.2, 0.25) is 0 Å². The molecule has 0 spiro atoms. The standard InChI is InChI=1S/C38H31FO4/c1-26(2)37(40)42-34-22-18-30(19-23-34)13-15-32-17-21-33(36(39)25-32)20-16-29-10-8-28(9-11-29)12-14-31-6-5-7-35(24-31)43-38(41)27(3)4/h5-25H,1,3H2,2,4H3/b14-12+,15-13+,20-16+. The van der Waals surface area contributed by atoms with Crippen molar-refractivity contribution >= 4 is 48.4 Å². The molecular formula is C38H31FO4. The second-order valence-corrected chi connectivity index (χ2v) is 9.93. The molecular weight excluding hydrogens is 539 g/mol. The number of carbonyl (C=O) groups is 2. The van der Waals surface area contributed by atoms with Crippen LogP contribution in [-0.4, -0.2) is 11.9 Å². The van der Waals surface area contributed by atoms with Gasteiger partial charge in [-0.3, -0.25) is 0 Å². The molecule has 4 aromatic rings. The van der Waals surface area contributed by atoms with Gasteiger partial charge in [-0.05, 0) is 72.0 Å². The number of rotatable bonds is 10. The van der Waals surface area contributed by atoms with Crippen molar-refractivity contribution in [3.63, 3.8) is 0 Å². The first-order valence-corrected chi connectivity index (χ1v) is 13.6. The minimum absolute atomic E-state index is 0.323. The maximum absolute atomic E-state index is 14.8. The molecule has 0 atom stereocenters. The molecule has 0 bridgehead atoms. The van der Waals surface area contributed by atoms with Crippen LogP contribution in [0.15, 0.2) is 115 Å². The van der Waals surface area contributed by atoms with E-state index in [0.717, 1.165) is 27.8 Å². The van der Waals surface area contributed by atoms with Crippen LogP contribution in [0, 0.1) is 5.82 Å². The van der Waals surface area contributed by atoms with Gasteiger partial charge >= 0.3 is 11.9 Å². The van der Waals surface area contributed by atoms with Crippen molar-refractivity contribution in [3.05, 3.63) is 154 Å². The Bertz CT molecular complexity index is 1740. The predicted molar refractivity (Wildman–Crippen MR) is 173 cm³/mol. The number of benzene rings is 4. The third kappa shape index (κ3) is 9.23. The lowest BCUT2D eigenvalue weighted by Gasteiger charge is -2.04. The molecule has 0 fully saturated rings. The molecule has 4 aromatic carbocycles. The van der Waals surface area contributed by atoms with Gasteiger partial charge in [-0.2, -0.15) is 0 Å². The van der Waals surface area contributed by atoms with E-state index in [0.29, 0.717) is 28.2 Å². The van der Waals surface area contributed by atoms with Crippen LogP contribution in [0.5, 0.6) is 11.5 Å². The van der Waals surface area contributed by atoms with Gasteiger partial charge in [0.25, 0.3) is 0 Å². The fraction of sp³-hybridized carbons (Fsp3) is 0.0526. The highest BCUT2D eigenvalue weighted by atomic mass is 19.1. The fourth-order valence-electron chi connectivity index (χ4n) is 3.79. The Morgan fingerprint density at radius 2 is 1.00 bits per heavy atom. The number of carbonyl (C=O) groups excluding carboxylic acids is 2. The van der Waals surface area contributed by atoms with Crippen LogP contribution in [0.2, 0.25) is 0 Å². The van der Waals surface area contributed by atoms with E-state index in [1.807, 2.05) is 85.0 Å². The minimum atomic E-state index is -0.470. The molecule has 0 aliphatic rings. The molecule has 0 saturated carbocycles. The molecule has 0 saturated heterocycles. The quantitative estimate of drug-likeness (QED) is 0.0825. The first-order chi connectivity index (χ1) is 20.7. The zero-order valence-corrected chi connectivity index (χ0v) is 24.0. The van der Waals surface area contributed by atoms with Gasteiger partial charge in [-0.25, -0.2) is 14.0 Å². The van der Waals surface area contributed by atoms with Gasteiger partial charge in [0, 0.05) is 16.7 Å². The van der Waals surface area contributed by atoms with E-state index in [1.54, 1.807) is 50.3 Å². The zero-order chi connectivity index (χ0) is 30.8. The molecule has 214 valence electrons. The van der Waals surface area contributed by atoms with Crippen molar-refractivity contribution in [2.75, 3.05) is 0 Å². The number of ether oxygens (including phenoxy) is 2. The average Bonchev–Trinajstić information content (AvgIpc) is 3.00. The van der Waals surface area contributed by atoms with Crippen LogP contribution in [-0.2, 0) is 9.59 Å². The van der Waals surface area contributed by atoms with E-state index in [2.05, 4.69) is 13.2 Å². The van der Waals surface area contributed by atoms with Crippen LogP contribution in [0.25, 0.3) is 36.5 Å². The number of hydrogen-bond acceptors (Lipinski definition) is 4. The van der Waals surface area contributed by atoms with E-state index in [4.69, 9.17) is 9.47 Å². The lowest BCUT2D eigenvalue weighted by Crippen LogP contribution is -2.07. The summed E-state index contributed by atoms with van der Waals surface area (Å²) in [5.74, 6) is -0.355. The minimum Gasteiger partial charge on any atom is -0.423 e. The number of hydrogen-bond donors (Lipinski definition) is 0. The highest BCUT2D eigenvalue weighted by Crippen LogP contribution is 2.20. The zero-order valence-electron chi connectivity index (χ0n) is 24.0. The largest absolute Gasteiger partial charge is 0.423 e. The second-order valence-electron chi connectivity index (χ2n) is 9.93. The summed E-state index contributed by atoms with van der Waals surface area (Å²) in [4.78, 5) is 23.4. The first kappa shape index (κ1) is 30.4. The van der Waals surface area contributed by atoms with Crippen LogP contribution >= 0.6 is 0 Å². The molecule has 0 unspecified atom stereocenters. The Morgan fingerprint density at radius 3 is 1.53 bits per heavy atom. The second kappa shape index (κ2) is 14.4. The van der Waals surface area contributed by atoms with Crippen molar-refractivity contribution in [1.82, 2.24) is 0 Å². The van der Waals surface area contributed by atoms with Gasteiger partial charge in [0.05, 0.1) is 0 Å². The molecule has 0 aliphatic heterocycles. The maximum atomic E-state index is 14.8. The average molecular weight is 571 g/mol. The van der Waals surface area contributed by atoms with Crippen molar-refractivity contribution < 1.29 is 23.5 Å². The fourth-order valence-corrected chi connectivity index (χ4v) is 3.79. The summed E-state index contributed by atoms with van der Waals surface area (Å²) >= 11 is 0. The number of halogens is 1. The van der Waals surface area contributed by atoms with E-state index in [9.17, 15) is 14.0 Å². The Labute approximate surface area is 251 Å². The topological polar surface area (TPSA) is 52.6 Å². The molecule has 0 aliphatic carbocycles. The molecule has 0 aromatic heterocycles. The summed E-state index contributed by atoms with van der Waals surface area (Å²) in [6, 6.07) is 27.2. The Morgan fingerprint density at radius 1 is 0.558 bits per heavy atom. The lowest BCUT2D eigenvalue weighted by atomic mass is 10.1. The van der Waals surface area contributed by atoms with E-state index in [1.165, 1.54) is 6.07 Å². The summed E-state index contributed by atoms with van der Waals surface area (Å²) in [6.07, 6.45) is 11.2. The van der Waals surface area contributed by atoms with E-state index >= 15 is 0 Å². The SMILES string of the molecule is C=C(C)C(=O)Oc1ccc(/C=C/c2ccc(/C=C/c3ccc(/C=C/c4cccc(OC(=O)C(=C)C)c4)cc3)c(F)c2)cc1. The van der Waals surface area contributed by atoms with Crippen LogP contribution in [0.3, 0.4) is 0 Å². The normalized spacial score (nSPS) is 11.2. The van der Waals surface area contributed by atoms with Crippen molar-refractivity contribution in [3.8, 4) is 11.5 Å². The highest BCUT2D eigenvalue weighted by molar-refractivity contribution is 5.89. The van der Waals surface area contributed by atoms with Gasteiger partial charge in [0.15, 0.2) is 0 Å². The molecule has 43 heavy (non-hydrogen) atoms. The maximum Gasteiger partial charge on any atom is 0.338 e. The summed E-state index contributed by atoms with van der Waals surface area (Å²) in [6.45, 7) is 10.4. The highest BCUT2D eigenvalue weighted by Gasteiger charge is 2.06. The van der Waals surface area contributed by atoms with Crippen LogP contribution < -0.4 is 9.47 Å². The molecule has 5 heteroatoms. The van der Waals surface area contributed by atoms with Crippen molar-refractivity contribution in [1.29, 1.82) is 0 Å².